The summed E-state index contributed by atoms with van der Waals surface area (Å²) in [7, 11) is 1.44. The number of amides is 1. The van der Waals surface area contributed by atoms with Crippen molar-refractivity contribution in [2.75, 3.05) is 12.4 Å². The van der Waals surface area contributed by atoms with Crippen molar-refractivity contribution in [3.8, 4) is 11.5 Å². The number of hydrogen-bond acceptors (Lipinski definition) is 8. The molecule has 0 bridgehead atoms. The minimum absolute atomic E-state index is 0.327. The zero-order valence-electron chi connectivity index (χ0n) is 17.0. The molecule has 0 atom stereocenters. The normalized spacial score (nSPS) is 10.9. The fraction of sp³-hybridized carbons (Fsp3) is 0.136. The van der Waals surface area contributed by atoms with Gasteiger partial charge in [0, 0.05) is 23.6 Å². The van der Waals surface area contributed by atoms with E-state index >= 15 is 0 Å². The number of oxazole rings is 1. The minimum atomic E-state index is -0.327. The number of rotatable bonds is 7. The first kappa shape index (κ1) is 20.9. The molecular weight excluding hydrogens is 418 g/mol. The van der Waals surface area contributed by atoms with Gasteiger partial charge >= 0.3 is 0 Å². The smallest absolute Gasteiger partial charge is 0.257 e. The Morgan fingerprint density at radius 1 is 1.10 bits per heavy atom. The second-order valence-electron chi connectivity index (χ2n) is 6.62. The number of aromatic nitrogens is 2. The molecule has 0 aliphatic carbocycles. The predicted octanol–water partition coefficient (Wildman–Crippen LogP) is 5.47. The number of hydrogen-bond donors (Lipinski definition) is 1. The second-order valence-corrected chi connectivity index (χ2v) is 7.40. The molecule has 1 N–H and O–H groups in total. The zero-order valence-corrected chi connectivity index (χ0v) is 17.9. The van der Waals surface area contributed by atoms with Crippen LogP contribution in [0.4, 0.5) is 5.82 Å². The first-order chi connectivity index (χ1) is 15.0. The van der Waals surface area contributed by atoms with E-state index in [1.807, 2.05) is 25.1 Å². The first-order valence-electron chi connectivity index (χ1n) is 9.32. The summed E-state index contributed by atoms with van der Waals surface area (Å²) < 4.78 is 16.5. The van der Waals surface area contributed by atoms with Gasteiger partial charge in [-0.2, -0.15) is 4.33 Å². The third kappa shape index (κ3) is 5.02. The molecule has 0 aliphatic heterocycles. The van der Waals surface area contributed by atoms with Crippen LogP contribution in [0.15, 0.2) is 64.0 Å². The van der Waals surface area contributed by atoms with Gasteiger partial charge in [-0.1, -0.05) is 6.07 Å². The van der Waals surface area contributed by atoms with E-state index in [9.17, 15) is 4.79 Å². The van der Waals surface area contributed by atoms with Gasteiger partial charge < -0.3 is 14.5 Å². The highest BCUT2D eigenvalue weighted by Crippen LogP contribution is 2.33. The van der Waals surface area contributed by atoms with E-state index in [0.29, 0.717) is 39.9 Å². The lowest BCUT2D eigenvalue weighted by Gasteiger charge is -2.09. The molecule has 8 nitrogen and oxygen atoms in total. The summed E-state index contributed by atoms with van der Waals surface area (Å²) in [5, 5.41) is 2.78. The number of carbonyl (C=O) groups excluding carboxylic acids is 1. The number of benzene rings is 2. The standard InChI is InChI=1S/C22H19N3O5S/c1-13-4-9-20(23-12-13)25-22(26)15-10-18-21(28-14(2)24-18)19(11-15)29-16-5-7-17(8-6-16)31-30-27-3/h4-12H,1-3H3,(H,23,25,26). The maximum Gasteiger partial charge on any atom is 0.257 e. The number of fused-ring (bicyclic) bond motifs is 1. The summed E-state index contributed by atoms with van der Waals surface area (Å²) >= 11 is 1.08. The van der Waals surface area contributed by atoms with Gasteiger partial charge in [0.05, 0.1) is 19.2 Å². The monoisotopic (exact) mass is 437 g/mol. The molecule has 4 aromatic rings. The third-order valence-electron chi connectivity index (χ3n) is 4.23. The average molecular weight is 437 g/mol. The number of pyridine rings is 1. The first-order valence-corrected chi connectivity index (χ1v) is 10.1. The van der Waals surface area contributed by atoms with Crippen molar-refractivity contribution in [2.24, 2.45) is 0 Å². The highest BCUT2D eigenvalue weighted by Gasteiger charge is 2.17. The highest BCUT2D eigenvalue weighted by atomic mass is 32.2. The van der Waals surface area contributed by atoms with E-state index < -0.39 is 0 Å². The predicted molar refractivity (Wildman–Crippen MR) is 116 cm³/mol. The maximum atomic E-state index is 12.8. The summed E-state index contributed by atoms with van der Waals surface area (Å²) in [6.45, 7) is 3.67. The molecule has 2 aromatic heterocycles. The van der Waals surface area contributed by atoms with E-state index in [2.05, 4.69) is 20.2 Å². The number of nitrogens with one attached hydrogen (secondary N) is 1. The molecule has 1 amide bonds. The topological polar surface area (TPSA) is 95.7 Å². The summed E-state index contributed by atoms with van der Waals surface area (Å²) in [6, 6.07) is 14.1. The molecule has 2 aromatic carbocycles. The molecule has 0 saturated carbocycles. The van der Waals surface area contributed by atoms with Gasteiger partial charge in [-0.25, -0.2) is 14.9 Å². The molecule has 2 heterocycles. The number of ether oxygens (including phenoxy) is 1. The Morgan fingerprint density at radius 3 is 2.61 bits per heavy atom. The van der Waals surface area contributed by atoms with Gasteiger partial charge in [0.1, 0.15) is 17.1 Å². The largest absolute Gasteiger partial charge is 0.453 e. The van der Waals surface area contributed by atoms with Gasteiger partial charge in [-0.05, 0) is 55.0 Å². The third-order valence-corrected chi connectivity index (χ3v) is 4.90. The van der Waals surface area contributed by atoms with Crippen LogP contribution in [0, 0.1) is 13.8 Å². The Kier molecular flexibility index (Phi) is 6.17. The maximum absolute atomic E-state index is 12.8. The molecule has 31 heavy (non-hydrogen) atoms. The van der Waals surface area contributed by atoms with Crippen molar-refractivity contribution < 1.29 is 23.2 Å². The van der Waals surface area contributed by atoms with Gasteiger partial charge in [0.15, 0.2) is 17.2 Å². The van der Waals surface area contributed by atoms with Crippen LogP contribution in [-0.2, 0) is 9.22 Å². The van der Waals surface area contributed by atoms with E-state index in [1.165, 1.54) is 7.11 Å². The Balaban J connectivity index is 1.61. The summed E-state index contributed by atoms with van der Waals surface area (Å²) in [6.07, 6.45) is 1.69. The van der Waals surface area contributed by atoms with Crippen LogP contribution < -0.4 is 10.1 Å². The van der Waals surface area contributed by atoms with Crippen LogP contribution in [0.2, 0.25) is 0 Å². The van der Waals surface area contributed by atoms with Crippen molar-refractivity contribution in [1.29, 1.82) is 0 Å². The fourth-order valence-corrected chi connectivity index (χ4v) is 3.21. The van der Waals surface area contributed by atoms with Crippen molar-refractivity contribution in [3.05, 3.63) is 71.7 Å². The minimum Gasteiger partial charge on any atom is -0.453 e. The number of carbonyl (C=O) groups is 1. The highest BCUT2D eigenvalue weighted by molar-refractivity contribution is 7.94. The van der Waals surface area contributed by atoms with Crippen LogP contribution in [0.5, 0.6) is 11.5 Å². The molecule has 0 radical (unpaired) electrons. The lowest BCUT2D eigenvalue weighted by atomic mass is 10.1. The van der Waals surface area contributed by atoms with Crippen molar-refractivity contribution in [1.82, 2.24) is 9.97 Å². The summed E-state index contributed by atoms with van der Waals surface area (Å²) in [4.78, 5) is 26.8. The number of nitrogens with zero attached hydrogens (tertiary/aromatic N) is 2. The van der Waals surface area contributed by atoms with Crippen LogP contribution in [-0.4, -0.2) is 23.0 Å². The zero-order chi connectivity index (χ0) is 21.8. The second kappa shape index (κ2) is 9.17. The van der Waals surface area contributed by atoms with Crippen molar-refractivity contribution in [2.45, 2.75) is 18.7 Å². The lowest BCUT2D eigenvalue weighted by Crippen LogP contribution is -2.13. The Hall–Kier alpha value is -3.40. The number of anilines is 1. The van der Waals surface area contributed by atoms with E-state index in [4.69, 9.17) is 13.5 Å². The molecule has 0 saturated heterocycles. The van der Waals surface area contributed by atoms with Crippen molar-refractivity contribution in [3.63, 3.8) is 0 Å². The number of aryl methyl sites for hydroxylation is 2. The lowest BCUT2D eigenvalue weighted by molar-refractivity contribution is -0.160. The van der Waals surface area contributed by atoms with Gasteiger partial charge in [-0.15, -0.1) is 0 Å². The van der Waals surface area contributed by atoms with Crippen LogP contribution in [0.3, 0.4) is 0 Å². The fourth-order valence-electron chi connectivity index (χ4n) is 2.81. The van der Waals surface area contributed by atoms with Gasteiger partial charge in [0.25, 0.3) is 5.91 Å². The van der Waals surface area contributed by atoms with E-state index in [0.717, 1.165) is 22.5 Å². The molecule has 0 unspecified atom stereocenters. The molecule has 158 valence electrons. The van der Waals surface area contributed by atoms with Crippen LogP contribution in [0.25, 0.3) is 11.1 Å². The van der Waals surface area contributed by atoms with Crippen molar-refractivity contribution >= 4 is 34.9 Å². The molecule has 0 spiro atoms. The van der Waals surface area contributed by atoms with Gasteiger partial charge in [0.2, 0.25) is 0 Å². The summed E-state index contributed by atoms with van der Waals surface area (Å²) in [5.74, 6) is 1.55. The molecule has 4 rings (SSSR count). The van der Waals surface area contributed by atoms with Crippen LogP contribution >= 0.6 is 12.0 Å². The Labute approximate surface area is 182 Å². The van der Waals surface area contributed by atoms with Crippen LogP contribution in [0.1, 0.15) is 21.8 Å². The molecule has 9 heteroatoms. The average Bonchev–Trinajstić information content (AvgIpc) is 3.15. The molecule has 0 fully saturated rings. The van der Waals surface area contributed by atoms with E-state index in [1.54, 1.807) is 43.5 Å². The van der Waals surface area contributed by atoms with E-state index in [-0.39, 0.29) is 5.91 Å². The quantitative estimate of drug-likeness (QED) is 0.231. The SMILES string of the molecule is COOSc1ccc(Oc2cc(C(=O)Nc3ccc(C)cn3)cc3nc(C)oc23)cc1. The molecular formula is C22H19N3O5S. The Bertz CT molecular complexity index is 1210. The molecule has 0 aliphatic rings. The van der Waals surface area contributed by atoms with Gasteiger partial charge in [-0.3, -0.25) is 4.79 Å². The Morgan fingerprint density at radius 2 is 1.90 bits per heavy atom. The summed E-state index contributed by atoms with van der Waals surface area (Å²) in [5.41, 5.74) is 2.37.